The van der Waals surface area contributed by atoms with Crippen molar-refractivity contribution < 1.29 is 18.4 Å². The number of benzene rings is 1. The molecule has 0 bridgehead atoms. The Morgan fingerprint density at radius 2 is 2.12 bits per heavy atom. The SMILES string of the molecule is Cc1cc(=O)oc2cc(OCC(=O)NC(C)c3ccco3)ccc12. The Morgan fingerprint density at radius 3 is 2.88 bits per heavy atom. The molecule has 2 heterocycles. The predicted molar refractivity (Wildman–Crippen MR) is 88.0 cm³/mol. The van der Waals surface area contributed by atoms with Crippen LogP contribution in [-0.2, 0) is 4.79 Å². The summed E-state index contributed by atoms with van der Waals surface area (Å²) in [4.78, 5) is 23.4. The number of carbonyl (C=O) groups excluding carboxylic acids is 1. The average Bonchev–Trinajstić information content (AvgIpc) is 3.07. The molecule has 0 fully saturated rings. The van der Waals surface area contributed by atoms with Gasteiger partial charge in [-0.3, -0.25) is 4.79 Å². The summed E-state index contributed by atoms with van der Waals surface area (Å²) in [7, 11) is 0. The second-order valence-electron chi connectivity index (χ2n) is 5.50. The molecule has 0 saturated heterocycles. The van der Waals surface area contributed by atoms with E-state index in [1.807, 2.05) is 13.8 Å². The first-order chi connectivity index (χ1) is 11.5. The third-order valence-electron chi connectivity index (χ3n) is 3.64. The average molecular weight is 327 g/mol. The van der Waals surface area contributed by atoms with Crippen LogP contribution in [0.1, 0.15) is 24.3 Å². The van der Waals surface area contributed by atoms with Crippen molar-refractivity contribution in [2.24, 2.45) is 0 Å². The summed E-state index contributed by atoms with van der Waals surface area (Å²) in [5.74, 6) is 0.855. The molecule has 0 radical (unpaired) electrons. The lowest BCUT2D eigenvalue weighted by atomic mass is 10.1. The van der Waals surface area contributed by atoms with Gasteiger partial charge >= 0.3 is 5.63 Å². The molecular weight excluding hydrogens is 310 g/mol. The molecule has 2 aromatic heterocycles. The number of fused-ring (bicyclic) bond motifs is 1. The number of furan rings is 1. The molecule has 1 amide bonds. The smallest absolute Gasteiger partial charge is 0.336 e. The molecule has 0 spiro atoms. The normalized spacial score (nSPS) is 12.1. The molecule has 1 N–H and O–H groups in total. The lowest BCUT2D eigenvalue weighted by molar-refractivity contribution is -0.123. The van der Waals surface area contributed by atoms with E-state index < -0.39 is 5.63 Å². The van der Waals surface area contributed by atoms with Crippen LogP contribution in [0.3, 0.4) is 0 Å². The maximum atomic E-state index is 11.9. The zero-order valence-electron chi connectivity index (χ0n) is 13.4. The highest BCUT2D eigenvalue weighted by Crippen LogP contribution is 2.22. The quantitative estimate of drug-likeness (QED) is 0.729. The van der Waals surface area contributed by atoms with Crippen LogP contribution in [0, 0.1) is 6.92 Å². The fourth-order valence-electron chi connectivity index (χ4n) is 2.44. The van der Waals surface area contributed by atoms with Crippen LogP contribution >= 0.6 is 0 Å². The van der Waals surface area contributed by atoms with Crippen molar-refractivity contribution in [2.75, 3.05) is 6.61 Å². The molecule has 1 aromatic carbocycles. The van der Waals surface area contributed by atoms with E-state index >= 15 is 0 Å². The van der Waals surface area contributed by atoms with Gasteiger partial charge in [0.15, 0.2) is 6.61 Å². The van der Waals surface area contributed by atoms with Gasteiger partial charge in [0.25, 0.3) is 5.91 Å². The maximum Gasteiger partial charge on any atom is 0.336 e. The summed E-state index contributed by atoms with van der Waals surface area (Å²) < 4.78 is 15.9. The molecule has 3 rings (SSSR count). The Bertz CT molecular complexity index is 911. The minimum atomic E-state index is -0.415. The highest BCUT2D eigenvalue weighted by molar-refractivity contribution is 5.81. The topological polar surface area (TPSA) is 81.7 Å². The zero-order valence-corrected chi connectivity index (χ0v) is 13.4. The first-order valence-electron chi connectivity index (χ1n) is 7.53. The van der Waals surface area contributed by atoms with E-state index in [2.05, 4.69) is 5.32 Å². The van der Waals surface area contributed by atoms with E-state index in [-0.39, 0.29) is 18.6 Å². The molecule has 1 unspecified atom stereocenters. The molecular formula is C18H17NO5. The van der Waals surface area contributed by atoms with Crippen LogP contribution < -0.4 is 15.7 Å². The first-order valence-corrected chi connectivity index (χ1v) is 7.53. The predicted octanol–water partition coefficient (Wildman–Crippen LogP) is 2.95. The van der Waals surface area contributed by atoms with Crippen LogP contribution in [0.2, 0.25) is 0 Å². The van der Waals surface area contributed by atoms with Gasteiger partial charge in [0.1, 0.15) is 17.1 Å². The van der Waals surface area contributed by atoms with Crippen molar-refractivity contribution in [2.45, 2.75) is 19.9 Å². The minimum Gasteiger partial charge on any atom is -0.484 e. The highest BCUT2D eigenvalue weighted by atomic mass is 16.5. The summed E-state index contributed by atoms with van der Waals surface area (Å²) in [6.45, 7) is 3.51. The van der Waals surface area contributed by atoms with Crippen molar-refractivity contribution in [1.29, 1.82) is 0 Å². The number of rotatable bonds is 5. The standard InChI is InChI=1S/C18H17NO5/c1-11-8-18(21)24-16-9-13(5-6-14(11)16)23-10-17(20)19-12(2)15-4-3-7-22-15/h3-9,12H,10H2,1-2H3,(H,19,20). The zero-order chi connectivity index (χ0) is 17.1. The van der Waals surface area contributed by atoms with Gasteiger partial charge in [0, 0.05) is 17.5 Å². The molecule has 0 saturated carbocycles. The van der Waals surface area contributed by atoms with Crippen LogP contribution in [0.25, 0.3) is 11.0 Å². The highest BCUT2D eigenvalue weighted by Gasteiger charge is 2.12. The maximum absolute atomic E-state index is 11.9. The van der Waals surface area contributed by atoms with Crippen LogP contribution in [0.15, 0.2) is 56.3 Å². The van der Waals surface area contributed by atoms with Crippen molar-refractivity contribution in [3.63, 3.8) is 0 Å². The van der Waals surface area contributed by atoms with Crippen molar-refractivity contribution in [3.8, 4) is 5.75 Å². The summed E-state index contributed by atoms with van der Waals surface area (Å²) in [6.07, 6.45) is 1.55. The molecule has 124 valence electrons. The van der Waals surface area contributed by atoms with Gasteiger partial charge in [0.2, 0.25) is 0 Å². The van der Waals surface area contributed by atoms with Crippen molar-refractivity contribution in [1.82, 2.24) is 5.32 Å². The number of aryl methyl sites for hydroxylation is 1. The summed E-state index contributed by atoms with van der Waals surface area (Å²) in [5, 5.41) is 3.61. The fourth-order valence-corrected chi connectivity index (χ4v) is 2.44. The van der Waals surface area contributed by atoms with Gasteiger partial charge in [-0.2, -0.15) is 0 Å². The summed E-state index contributed by atoms with van der Waals surface area (Å²) in [6, 6.07) is 9.89. The Labute approximate surface area is 138 Å². The second-order valence-corrected chi connectivity index (χ2v) is 5.50. The number of hydrogen-bond acceptors (Lipinski definition) is 5. The molecule has 0 aliphatic heterocycles. The monoisotopic (exact) mass is 327 g/mol. The van der Waals surface area contributed by atoms with Gasteiger partial charge < -0.3 is 18.9 Å². The summed E-state index contributed by atoms with van der Waals surface area (Å²) >= 11 is 0. The summed E-state index contributed by atoms with van der Waals surface area (Å²) in [5.41, 5.74) is 0.849. The van der Waals surface area contributed by atoms with Gasteiger partial charge in [-0.25, -0.2) is 4.79 Å². The van der Waals surface area contributed by atoms with Gasteiger partial charge in [0.05, 0.1) is 12.3 Å². The van der Waals surface area contributed by atoms with Crippen LogP contribution in [0.5, 0.6) is 5.75 Å². The second kappa shape index (κ2) is 6.62. The molecule has 6 heteroatoms. The number of amides is 1. The Balaban J connectivity index is 1.65. The van der Waals surface area contributed by atoms with Gasteiger partial charge in [-0.05, 0) is 43.7 Å². The Morgan fingerprint density at radius 1 is 1.29 bits per heavy atom. The lowest BCUT2D eigenvalue weighted by Crippen LogP contribution is -2.31. The molecule has 0 aliphatic carbocycles. The lowest BCUT2D eigenvalue weighted by Gasteiger charge is -2.12. The van der Waals surface area contributed by atoms with Crippen molar-refractivity contribution in [3.05, 3.63) is 64.4 Å². The fraction of sp³-hybridized carbons (Fsp3) is 0.222. The number of nitrogens with one attached hydrogen (secondary N) is 1. The first kappa shape index (κ1) is 15.9. The van der Waals surface area contributed by atoms with Crippen LogP contribution in [-0.4, -0.2) is 12.5 Å². The van der Waals surface area contributed by atoms with E-state index in [0.717, 1.165) is 10.9 Å². The van der Waals surface area contributed by atoms with E-state index in [1.165, 1.54) is 6.07 Å². The van der Waals surface area contributed by atoms with E-state index in [1.54, 1.807) is 36.6 Å². The van der Waals surface area contributed by atoms with E-state index in [4.69, 9.17) is 13.6 Å². The molecule has 3 aromatic rings. The Kier molecular flexibility index (Phi) is 4.37. The van der Waals surface area contributed by atoms with Crippen LogP contribution in [0.4, 0.5) is 0 Å². The van der Waals surface area contributed by atoms with Gasteiger partial charge in [-0.1, -0.05) is 0 Å². The van der Waals surface area contributed by atoms with E-state index in [9.17, 15) is 9.59 Å². The molecule has 6 nitrogen and oxygen atoms in total. The molecule has 1 atom stereocenters. The minimum absolute atomic E-state index is 0.146. The van der Waals surface area contributed by atoms with E-state index in [0.29, 0.717) is 17.1 Å². The largest absolute Gasteiger partial charge is 0.484 e. The number of carbonyl (C=O) groups is 1. The third kappa shape index (κ3) is 3.48. The molecule has 24 heavy (non-hydrogen) atoms. The third-order valence-corrected chi connectivity index (χ3v) is 3.64. The Hall–Kier alpha value is -3.02. The van der Waals surface area contributed by atoms with Gasteiger partial charge in [-0.15, -0.1) is 0 Å². The van der Waals surface area contributed by atoms with Crippen molar-refractivity contribution >= 4 is 16.9 Å². The molecule has 0 aliphatic rings. The number of hydrogen-bond donors (Lipinski definition) is 1. The number of ether oxygens (including phenoxy) is 1.